The lowest BCUT2D eigenvalue weighted by Crippen LogP contribution is -2.60. The summed E-state index contributed by atoms with van der Waals surface area (Å²) in [7, 11) is 0. The minimum atomic E-state index is -0.244. The van der Waals surface area contributed by atoms with Crippen LogP contribution < -0.4 is 10.6 Å². The third-order valence-electron chi connectivity index (χ3n) is 5.81. The monoisotopic (exact) mass is 294 g/mol. The van der Waals surface area contributed by atoms with E-state index < -0.39 is 0 Å². The van der Waals surface area contributed by atoms with E-state index in [2.05, 4.69) is 10.6 Å². The fraction of sp³-hybridized carbons (Fsp3) is 0.938. The minimum Gasteiger partial charge on any atom is -0.447 e. The first-order chi connectivity index (χ1) is 10.2. The zero-order valence-corrected chi connectivity index (χ0v) is 12.6. The second-order valence-corrected chi connectivity index (χ2v) is 7.62. The number of nitrogens with one attached hydrogen (secondary N) is 2. The van der Waals surface area contributed by atoms with Gasteiger partial charge in [-0.25, -0.2) is 4.79 Å². The van der Waals surface area contributed by atoms with Crippen molar-refractivity contribution in [2.75, 3.05) is 26.3 Å². The predicted octanol–water partition coefficient (Wildman–Crippen LogP) is 1.67. The van der Waals surface area contributed by atoms with Gasteiger partial charge in [-0.15, -0.1) is 0 Å². The maximum atomic E-state index is 12.2. The molecule has 4 bridgehead atoms. The van der Waals surface area contributed by atoms with E-state index in [4.69, 9.17) is 9.47 Å². The van der Waals surface area contributed by atoms with Gasteiger partial charge in [0.05, 0.1) is 6.61 Å². The summed E-state index contributed by atoms with van der Waals surface area (Å²) in [6, 6.07) is 0. The highest BCUT2D eigenvalue weighted by atomic mass is 16.6. The number of amides is 1. The third kappa shape index (κ3) is 2.90. The molecule has 5 heteroatoms. The summed E-state index contributed by atoms with van der Waals surface area (Å²) in [4.78, 5) is 12.2. The van der Waals surface area contributed by atoms with Gasteiger partial charge in [-0.1, -0.05) is 0 Å². The van der Waals surface area contributed by atoms with E-state index in [-0.39, 0.29) is 17.7 Å². The summed E-state index contributed by atoms with van der Waals surface area (Å²) in [5.41, 5.74) is 0.0392. The molecule has 5 rings (SSSR count). The molecular formula is C16H26N2O3. The SMILES string of the molecule is O=C(NC12CC3CC(CC(C3)C1)C2)OCC1CNCCO1. The molecule has 1 saturated heterocycles. The average molecular weight is 294 g/mol. The van der Waals surface area contributed by atoms with Crippen LogP contribution in [0.4, 0.5) is 4.79 Å². The molecule has 0 aromatic rings. The molecule has 0 spiro atoms. The molecule has 1 atom stereocenters. The molecule has 0 radical (unpaired) electrons. The molecule has 2 N–H and O–H groups in total. The molecule has 5 fully saturated rings. The maximum absolute atomic E-state index is 12.2. The van der Waals surface area contributed by atoms with Crippen LogP contribution >= 0.6 is 0 Å². The highest BCUT2D eigenvalue weighted by Crippen LogP contribution is 2.55. The van der Waals surface area contributed by atoms with E-state index in [1.54, 1.807) is 0 Å². The summed E-state index contributed by atoms with van der Waals surface area (Å²) < 4.78 is 11.0. The van der Waals surface area contributed by atoms with E-state index in [9.17, 15) is 4.79 Å². The Hall–Kier alpha value is -0.810. The van der Waals surface area contributed by atoms with Gasteiger partial charge in [-0.05, 0) is 56.3 Å². The standard InChI is InChI=1S/C16H26N2O3/c19-15(21-10-14-9-17-1-2-20-14)18-16-6-11-3-12(7-16)5-13(4-11)8-16/h11-14,17H,1-10H2,(H,18,19). The van der Waals surface area contributed by atoms with Crippen LogP contribution in [-0.4, -0.2) is 44.0 Å². The zero-order chi connectivity index (χ0) is 14.3. The van der Waals surface area contributed by atoms with Crippen LogP contribution in [0.3, 0.4) is 0 Å². The molecule has 1 amide bonds. The highest BCUT2D eigenvalue weighted by molar-refractivity contribution is 5.68. The van der Waals surface area contributed by atoms with Crippen molar-refractivity contribution in [3.63, 3.8) is 0 Å². The summed E-state index contributed by atoms with van der Waals surface area (Å²) >= 11 is 0. The van der Waals surface area contributed by atoms with E-state index in [0.29, 0.717) is 13.2 Å². The van der Waals surface area contributed by atoms with Crippen molar-refractivity contribution in [2.24, 2.45) is 17.8 Å². The number of rotatable bonds is 3. The Morgan fingerprint density at radius 1 is 1.19 bits per heavy atom. The van der Waals surface area contributed by atoms with Crippen molar-refractivity contribution >= 4 is 6.09 Å². The lowest BCUT2D eigenvalue weighted by molar-refractivity contribution is -0.0316. The lowest BCUT2D eigenvalue weighted by Gasteiger charge is -2.56. The first-order valence-electron chi connectivity index (χ1n) is 8.48. The fourth-order valence-corrected chi connectivity index (χ4v) is 5.41. The van der Waals surface area contributed by atoms with Crippen LogP contribution in [-0.2, 0) is 9.47 Å². The van der Waals surface area contributed by atoms with Gasteiger partial charge in [0.1, 0.15) is 12.7 Å². The molecule has 5 aliphatic rings. The molecule has 5 nitrogen and oxygen atoms in total. The van der Waals surface area contributed by atoms with Gasteiger partial charge >= 0.3 is 6.09 Å². The van der Waals surface area contributed by atoms with Crippen molar-refractivity contribution in [2.45, 2.75) is 50.2 Å². The fourth-order valence-electron chi connectivity index (χ4n) is 5.41. The number of carbonyl (C=O) groups is 1. The topological polar surface area (TPSA) is 59.6 Å². The van der Waals surface area contributed by atoms with Crippen LogP contribution in [0.1, 0.15) is 38.5 Å². The lowest BCUT2D eigenvalue weighted by atomic mass is 9.53. The zero-order valence-electron chi connectivity index (χ0n) is 12.6. The average Bonchev–Trinajstić information content (AvgIpc) is 2.44. The van der Waals surface area contributed by atoms with E-state index in [0.717, 1.165) is 50.1 Å². The van der Waals surface area contributed by atoms with Gasteiger partial charge in [-0.2, -0.15) is 0 Å². The molecule has 1 aliphatic heterocycles. The first-order valence-corrected chi connectivity index (χ1v) is 8.48. The number of hydrogen-bond donors (Lipinski definition) is 2. The first kappa shape index (κ1) is 13.8. The Morgan fingerprint density at radius 2 is 1.86 bits per heavy atom. The van der Waals surface area contributed by atoms with Gasteiger partial charge in [-0.3, -0.25) is 0 Å². The number of hydrogen-bond acceptors (Lipinski definition) is 4. The largest absolute Gasteiger partial charge is 0.447 e. The van der Waals surface area contributed by atoms with Gasteiger partial charge in [0.2, 0.25) is 0 Å². The van der Waals surface area contributed by atoms with Crippen molar-refractivity contribution in [1.29, 1.82) is 0 Å². The van der Waals surface area contributed by atoms with Gasteiger partial charge in [0, 0.05) is 18.6 Å². The number of carbonyl (C=O) groups excluding carboxylic acids is 1. The molecule has 21 heavy (non-hydrogen) atoms. The smallest absolute Gasteiger partial charge is 0.407 e. The van der Waals surface area contributed by atoms with E-state index in [1.165, 1.54) is 19.3 Å². The molecule has 0 aromatic heterocycles. The quantitative estimate of drug-likeness (QED) is 0.831. The van der Waals surface area contributed by atoms with Crippen molar-refractivity contribution < 1.29 is 14.3 Å². The Balaban J connectivity index is 1.30. The van der Waals surface area contributed by atoms with Crippen LogP contribution in [0.2, 0.25) is 0 Å². The summed E-state index contributed by atoms with van der Waals surface area (Å²) in [5, 5.41) is 6.48. The maximum Gasteiger partial charge on any atom is 0.407 e. The number of ether oxygens (including phenoxy) is 2. The summed E-state index contributed by atoms with van der Waals surface area (Å²) in [6.45, 7) is 2.70. The summed E-state index contributed by atoms with van der Waals surface area (Å²) in [5.74, 6) is 2.51. The second kappa shape index (κ2) is 5.43. The van der Waals surface area contributed by atoms with Gasteiger partial charge in [0.15, 0.2) is 0 Å². The van der Waals surface area contributed by atoms with Crippen molar-refractivity contribution in [3.05, 3.63) is 0 Å². The highest BCUT2D eigenvalue weighted by Gasteiger charge is 2.51. The predicted molar refractivity (Wildman–Crippen MR) is 78.0 cm³/mol. The Labute approximate surface area is 126 Å². The van der Waals surface area contributed by atoms with E-state index >= 15 is 0 Å². The number of alkyl carbamates (subject to hydrolysis) is 1. The van der Waals surface area contributed by atoms with Crippen molar-refractivity contribution in [1.82, 2.24) is 10.6 Å². The van der Waals surface area contributed by atoms with Crippen LogP contribution in [0.5, 0.6) is 0 Å². The molecule has 0 aromatic carbocycles. The molecule has 1 heterocycles. The molecule has 118 valence electrons. The third-order valence-corrected chi connectivity index (χ3v) is 5.81. The van der Waals surface area contributed by atoms with Gasteiger partial charge < -0.3 is 20.1 Å². The van der Waals surface area contributed by atoms with Crippen LogP contribution in [0, 0.1) is 17.8 Å². The van der Waals surface area contributed by atoms with E-state index in [1.807, 2.05) is 0 Å². The normalized spacial score (nSPS) is 44.6. The molecular weight excluding hydrogens is 268 g/mol. The second-order valence-electron chi connectivity index (χ2n) is 7.62. The van der Waals surface area contributed by atoms with Crippen LogP contribution in [0.15, 0.2) is 0 Å². The molecule has 4 saturated carbocycles. The summed E-state index contributed by atoms with van der Waals surface area (Å²) in [6.07, 6.45) is 7.40. The minimum absolute atomic E-state index is 0.000799. The Morgan fingerprint density at radius 3 is 2.43 bits per heavy atom. The number of morpholine rings is 1. The molecule has 4 aliphatic carbocycles. The van der Waals surface area contributed by atoms with Gasteiger partial charge in [0.25, 0.3) is 0 Å². The van der Waals surface area contributed by atoms with Crippen molar-refractivity contribution in [3.8, 4) is 0 Å². The Kier molecular flexibility index (Phi) is 3.58. The Bertz CT molecular complexity index is 371. The van der Waals surface area contributed by atoms with Crippen LogP contribution in [0.25, 0.3) is 0 Å². The molecule has 1 unspecified atom stereocenters.